The Morgan fingerprint density at radius 3 is 2.52 bits per heavy atom. The lowest BCUT2D eigenvalue weighted by Crippen LogP contribution is -2.30. The second-order valence-electron chi connectivity index (χ2n) is 6.70. The predicted octanol–water partition coefficient (Wildman–Crippen LogP) is 4.16. The number of fused-ring (bicyclic) bond motifs is 1. The topological polar surface area (TPSA) is 54.3 Å². The van der Waals surface area contributed by atoms with Gasteiger partial charge in [0.2, 0.25) is 0 Å². The summed E-state index contributed by atoms with van der Waals surface area (Å²) >= 11 is 0. The van der Waals surface area contributed by atoms with Gasteiger partial charge in [-0.1, -0.05) is 36.4 Å². The third-order valence-electron chi connectivity index (χ3n) is 5.06. The molecule has 5 nitrogen and oxygen atoms in total. The van der Waals surface area contributed by atoms with Crippen LogP contribution in [0.3, 0.4) is 0 Å². The third kappa shape index (κ3) is 2.72. The number of rotatable bonds is 3. The Morgan fingerprint density at radius 1 is 1.04 bits per heavy atom. The fourth-order valence-corrected chi connectivity index (χ4v) is 3.72. The van der Waals surface area contributed by atoms with Crippen LogP contribution in [0, 0.1) is 13.8 Å². The van der Waals surface area contributed by atoms with Crippen LogP contribution in [-0.2, 0) is 4.79 Å². The predicted molar refractivity (Wildman–Crippen MR) is 107 cm³/mol. The van der Waals surface area contributed by atoms with E-state index in [1.165, 1.54) is 15.7 Å². The van der Waals surface area contributed by atoms with Crippen molar-refractivity contribution in [1.29, 1.82) is 0 Å². The highest BCUT2D eigenvalue weighted by atomic mass is 16.2. The first-order valence-corrected chi connectivity index (χ1v) is 9.03. The molecule has 1 aliphatic heterocycles. The molecular weight excluding hydrogens is 338 g/mol. The van der Waals surface area contributed by atoms with Crippen LogP contribution in [0.4, 0.5) is 4.79 Å². The molecule has 0 aliphatic carbocycles. The van der Waals surface area contributed by atoms with E-state index in [0.717, 1.165) is 22.6 Å². The van der Waals surface area contributed by atoms with Gasteiger partial charge in [0.1, 0.15) is 5.70 Å². The Labute approximate surface area is 157 Å². The van der Waals surface area contributed by atoms with E-state index in [4.69, 9.17) is 0 Å². The number of hydrogen-bond acceptors (Lipinski definition) is 2. The van der Waals surface area contributed by atoms with Crippen LogP contribution in [0.25, 0.3) is 22.5 Å². The van der Waals surface area contributed by atoms with Crippen molar-refractivity contribution >= 4 is 28.8 Å². The van der Waals surface area contributed by atoms with Crippen molar-refractivity contribution in [2.45, 2.75) is 20.8 Å². The minimum Gasteiger partial charge on any atom is -0.317 e. The van der Waals surface area contributed by atoms with E-state index in [9.17, 15) is 9.59 Å². The normalized spacial score (nSPS) is 15.8. The Kier molecular flexibility index (Phi) is 4.07. The highest BCUT2D eigenvalue weighted by molar-refractivity contribution is 6.14. The van der Waals surface area contributed by atoms with Crippen molar-refractivity contribution in [3.63, 3.8) is 0 Å². The average molecular weight is 359 g/mol. The average Bonchev–Trinajstić information content (AvgIpc) is 3.09. The number of nitrogens with one attached hydrogen (secondary N) is 1. The summed E-state index contributed by atoms with van der Waals surface area (Å²) in [6, 6.07) is 16.2. The number of carbonyl (C=O) groups excluding carboxylic acids is 2. The monoisotopic (exact) mass is 359 g/mol. The van der Waals surface area contributed by atoms with Crippen molar-refractivity contribution in [3.8, 4) is 5.69 Å². The summed E-state index contributed by atoms with van der Waals surface area (Å²) in [6.45, 7) is 6.22. The smallest absolute Gasteiger partial charge is 0.317 e. The van der Waals surface area contributed by atoms with Gasteiger partial charge in [0.15, 0.2) is 0 Å². The molecule has 0 bridgehead atoms. The number of hydrogen-bond donors (Lipinski definition) is 1. The lowest BCUT2D eigenvalue weighted by molar-refractivity contribution is -0.122. The van der Waals surface area contributed by atoms with Crippen LogP contribution in [0.1, 0.15) is 23.9 Å². The first-order valence-electron chi connectivity index (χ1n) is 9.03. The first kappa shape index (κ1) is 17.1. The molecule has 1 fully saturated rings. The molecule has 1 saturated heterocycles. The number of aromatic nitrogens is 1. The summed E-state index contributed by atoms with van der Waals surface area (Å²) in [5.41, 5.74) is 4.43. The summed E-state index contributed by atoms with van der Waals surface area (Å²) in [7, 11) is 0. The second-order valence-corrected chi connectivity index (χ2v) is 6.70. The summed E-state index contributed by atoms with van der Waals surface area (Å²) < 4.78 is 2.19. The molecule has 0 radical (unpaired) electrons. The van der Waals surface area contributed by atoms with Crippen LogP contribution in [0.15, 0.2) is 54.2 Å². The lowest BCUT2D eigenvalue weighted by atomic mass is 10.1. The number of urea groups is 1. The number of amides is 3. The van der Waals surface area contributed by atoms with Gasteiger partial charge in [-0.25, -0.2) is 4.79 Å². The molecule has 2 aromatic carbocycles. The van der Waals surface area contributed by atoms with Crippen molar-refractivity contribution in [3.05, 3.63) is 71.2 Å². The molecule has 0 atom stereocenters. The molecule has 1 aliphatic rings. The molecule has 4 rings (SSSR count). The highest BCUT2D eigenvalue weighted by Gasteiger charge is 2.32. The standard InChI is InChI=1S/C22H21N3O2/c1-4-24-21(26)19(23-22(24)27)13-17-12-14(2)25(15(17)3)20-11-7-9-16-8-5-6-10-18(16)20/h5-13H,4H2,1-3H3,(H,23,27)/b19-13+. The fraction of sp³-hybridized carbons (Fsp3) is 0.182. The molecule has 27 heavy (non-hydrogen) atoms. The van der Waals surface area contributed by atoms with Crippen molar-refractivity contribution in [2.75, 3.05) is 6.54 Å². The Bertz CT molecular complexity index is 1100. The molecule has 2 heterocycles. The van der Waals surface area contributed by atoms with E-state index in [2.05, 4.69) is 40.2 Å². The largest absolute Gasteiger partial charge is 0.328 e. The Morgan fingerprint density at radius 2 is 1.78 bits per heavy atom. The Hall–Kier alpha value is -3.34. The maximum Gasteiger partial charge on any atom is 0.328 e. The summed E-state index contributed by atoms with van der Waals surface area (Å²) in [5.74, 6) is -0.280. The number of carbonyl (C=O) groups is 2. The highest BCUT2D eigenvalue weighted by Crippen LogP contribution is 2.28. The van der Waals surface area contributed by atoms with E-state index < -0.39 is 0 Å². The molecule has 0 spiro atoms. The van der Waals surface area contributed by atoms with Crippen LogP contribution >= 0.6 is 0 Å². The lowest BCUT2D eigenvalue weighted by Gasteiger charge is -2.13. The summed E-state index contributed by atoms with van der Waals surface area (Å²) in [4.78, 5) is 25.5. The molecule has 5 heteroatoms. The van der Waals surface area contributed by atoms with Crippen LogP contribution in [0.5, 0.6) is 0 Å². The minimum atomic E-state index is -0.364. The minimum absolute atomic E-state index is 0.280. The van der Waals surface area contributed by atoms with Gasteiger partial charge in [0.25, 0.3) is 5.91 Å². The second kappa shape index (κ2) is 6.43. The SMILES string of the molecule is CCN1C(=O)N/C(=C/c2cc(C)n(-c3cccc4ccccc34)c2C)C1=O. The van der Waals surface area contributed by atoms with Crippen molar-refractivity contribution in [1.82, 2.24) is 14.8 Å². The zero-order valence-corrected chi connectivity index (χ0v) is 15.6. The number of imide groups is 1. The van der Waals surface area contributed by atoms with Crippen LogP contribution in [-0.4, -0.2) is 28.0 Å². The maximum atomic E-state index is 12.4. The fourth-order valence-electron chi connectivity index (χ4n) is 3.72. The van der Waals surface area contributed by atoms with E-state index in [0.29, 0.717) is 12.2 Å². The number of likely N-dealkylation sites (N-methyl/N-ethyl adjacent to an activating group) is 1. The van der Waals surface area contributed by atoms with Gasteiger partial charge in [-0.15, -0.1) is 0 Å². The first-order chi connectivity index (χ1) is 13.0. The van der Waals surface area contributed by atoms with E-state index in [1.54, 1.807) is 13.0 Å². The van der Waals surface area contributed by atoms with Gasteiger partial charge in [0, 0.05) is 23.3 Å². The molecule has 3 amide bonds. The molecule has 1 aromatic heterocycles. The van der Waals surface area contributed by atoms with Crippen LogP contribution in [0.2, 0.25) is 0 Å². The Balaban J connectivity index is 1.83. The third-order valence-corrected chi connectivity index (χ3v) is 5.06. The molecular formula is C22H21N3O2. The van der Waals surface area contributed by atoms with E-state index in [-0.39, 0.29) is 11.9 Å². The number of nitrogens with zero attached hydrogens (tertiary/aromatic N) is 2. The molecule has 0 saturated carbocycles. The van der Waals surface area contributed by atoms with E-state index in [1.807, 2.05) is 32.0 Å². The van der Waals surface area contributed by atoms with E-state index >= 15 is 0 Å². The van der Waals surface area contributed by atoms with Gasteiger partial charge in [-0.2, -0.15) is 0 Å². The molecule has 1 N–H and O–H groups in total. The zero-order chi connectivity index (χ0) is 19.1. The molecule has 136 valence electrons. The quantitative estimate of drug-likeness (QED) is 0.564. The van der Waals surface area contributed by atoms with Crippen molar-refractivity contribution in [2.24, 2.45) is 0 Å². The zero-order valence-electron chi connectivity index (χ0n) is 15.6. The van der Waals surface area contributed by atoms with Gasteiger partial charge in [0.05, 0.1) is 5.69 Å². The van der Waals surface area contributed by atoms with Gasteiger partial charge >= 0.3 is 6.03 Å². The summed E-state index contributed by atoms with van der Waals surface area (Å²) in [6.07, 6.45) is 1.76. The van der Waals surface area contributed by atoms with Gasteiger partial charge < -0.3 is 9.88 Å². The molecule has 3 aromatic rings. The van der Waals surface area contributed by atoms with Gasteiger partial charge in [-0.05, 0) is 49.9 Å². The van der Waals surface area contributed by atoms with Crippen LogP contribution < -0.4 is 5.32 Å². The van der Waals surface area contributed by atoms with Gasteiger partial charge in [-0.3, -0.25) is 9.69 Å². The summed E-state index contributed by atoms with van der Waals surface area (Å²) in [5, 5.41) is 5.02. The number of benzene rings is 2. The van der Waals surface area contributed by atoms with Crippen molar-refractivity contribution < 1.29 is 9.59 Å². The molecule has 0 unspecified atom stereocenters. The number of aryl methyl sites for hydroxylation is 1. The maximum absolute atomic E-state index is 12.4.